The van der Waals surface area contributed by atoms with Crippen LogP contribution in [0.5, 0.6) is 0 Å². The minimum absolute atomic E-state index is 0.0421. The van der Waals surface area contributed by atoms with E-state index < -0.39 is 0 Å². The van der Waals surface area contributed by atoms with Crippen LogP contribution >= 0.6 is 0 Å². The summed E-state index contributed by atoms with van der Waals surface area (Å²) in [5, 5.41) is 2.40. The summed E-state index contributed by atoms with van der Waals surface area (Å²) in [6.45, 7) is 43.7. The summed E-state index contributed by atoms with van der Waals surface area (Å²) >= 11 is 0. The summed E-state index contributed by atoms with van der Waals surface area (Å²) < 4.78 is 7.04. The smallest absolute Gasteiger partial charge is 0.137 e. The third kappa shape index (κ3) is 8.10. The number of furan rings is 1. The zero-order chi connectivity index (χ0) is 52.4. The van der Waals surface area contributed by atoms with Crippen LogP contribution in [0, 0.1) is 13.8 Å². The molecule has 0 N–H and O–H groups in total. The van der Waals surface area contributed by atoms with Gasteiger partial charge in [0.2, 0.25) is 0 Å². The molecular weight excluding hydrogens is 885 g/mol. The summed E-state index contributed by atoms with van der Waals surface area (Å²) in [5.41, 5.74) is 24.0. The SMILES string of the molecule is Cc1cc(N(c2ccc3c(c2)C(C)(C)CCC3(C)C)c2ccc3c(c2)C(C)(C)CCC3(C)C)cc(N(c2ccc3c(c2)oc2cc4c(cc23)C(C)(C)CCC4(C)C)c2cc3c(cc2C)C(C)(C)CCC3(C)C)c1. The van der Waals surface area contributed by atoms with Gasteiger partial charge in [0.15, 0.2) is 0 Å². The monoisotopic (exact) mass is 971 g/mol. The predicted molar refractivity (Wildman–Crippen MR) is 314 cm³/mol. The van der Waals surface area contributed by atoms with E-state index in [1.54, 1.807) is 0 Å². The summed E-state index contributed by atoms with van der Waals surface area (Å²) in [6, 6.07) is 39.2. The Labute approximate surface area is 440 Å². The lowest BCUT2D eigenvalue weighted by Crippen LogP contribution is -2.34. The first-order valence-electron chi connectivity index (χ1n) is 28.1. The average Bonchev–Trinajstić information content (AvgIpc) is 3.67. The standard InChI is InChI=1S/C70H86N2O/c1-43-33-48(71(45-20-23-52-55(37-45)66(9,10)27-25-63(52,3)4)46-21-24-53-56(38-46)67(11,12)28-26-64(53,5)6)36-49(34-43)72(60-41-58-54(35-44(60)2)65(7,8)29-31-69(58,15)16)47-19-22-50-51-40-57-59(42-62(51)73-61(50)39-47)70(17,18)32-30-68(57,13)14/h19-24,33-42H,25-32H2,1-18H3. The Morgan fingerprint density at radius 2 is 0.658 bits per heavy atom. The van der Waals surface area contributed by atoms with Gasteiger partial charge in [-0.25, -0.2) is 0 Å². The molecule has 0 atom stereocenters. The highest BCUT2D eigenvalue weighted by Crippen LogP contribution is 2.55. The Bertz CT molecular complexity index is 3320. The lowest BCUT2D eigenvalue weighted by molar-refractivity contribution is 0.332. The predicted octanol–water partition coefficient (Wildman–Crippen LogP) is 20.5. The van der Waals surface area contributed by atoms with Crippen molar-refractivity contribution in [3.8, 4) is 0 Å². The van der Waals surface area contributed by atoms with Crippen LogP contribution in [0.25, 0.3) is 21.9 Å². The highest BCUT2D eigenvalue weighted by molar-refractivity contribution is 6.07. The van der Waals surface area contributed by atoms with Gasteiger partial charge in [-0.1, -0.05) is 129 Å². The van der Waals surface area contributed by atoms with Crippen LogP contribution < -0.4 is 9.80 Å². The second-order valence-corrected chi connectivity index (χ2v) is 29.1. The van der Waals surface area contributed by atoms with Crippen molar-refractivity contribution in [2.45, 2.75) is 219 Å². The van der Waals surface area contributed by atoms with Crippen molar-refractivity contribution in [2.75, 3.05) is 9.80 Å². The number of hydrogen-bond acceptors (Lipinski definition) is 3. The summed E-state index contributed by atoms with van der Waals surface area (Å²) in [4.78, 5) is 5.14. The minimum Gasteiger partial charge on any atom is -0.456 e. The second kappa shape index (κ2) is 16.1. The fraction of sp³-hybridized carbons (Fsp3) is 0.486. The van der Waals surface area contributed by atoms with Gasteiger partial charge in [-0.05, 0) is 237 Å². The molecule has 3 heteroatoms. The molecule has 1 aromatic heterocycles. The van der Waals surface area contributed by atoms with Crippen LogP contribution in [0.3, 0.4) is 0 Å². The molecule has 0 radical (unpaired) electrons. The topological polar surface area (TPSA) is 19.6 Å². The molecule has 382 valence electrons. The molecular formula is C70H86N2O. The third-order valence-corrected chi connectivity index (χ3v) is 19.8. The van der Waals surface area contributed by atoms with Crippen molar-refractivity contribution in [1.82, 2.24) is 0 Å². The van der Waals surface area contributed by atoms with Crippen LogP contribution in [-0.2, 0) is 43.3 Å². The first-order chi connectivity index (χ1) is 33.9. The van der Waals surface area contributed by atoms with Gasteiger partial charge < -0.3 is 14.2 Å². The Hall–Kier alpha value is -5.28. The zero-order valence-electron chi connectivity index (χ0n) is 48.2. The van der Waals surface area contributed by atoms with E-state index in [2.05, 4.69) is 231 Å². The molecule has 0 saturated heterocycles. The molecule has 1 heterocycles. The summed E-state index contributed by atoms with van der Waals surface area (Å²) in [5.74, 6) is 0. The Morgan fingerprint density at radius 1 is 0.301 bits per heavy atom. The molecule has 11 rings (SSSR count). The van der Waals surface area contributed by atoms with Gasteiger partial charge in [0, 0.05) is 51.0 Å². The Morgan fingerprint density at radius 3 is 1.14 bits per heavy atom. The molecule has 0 saturated carbocycles. The minimum atomic E-state index is 0.0421. The second-order valence-electron chi connectivity index (χ2n) is 29.1. The number of rotatable bonds is 6. The molecule has 4 aliphatic carbocycles. The van der Waals surface area contributed by atoms with Crippen molar-refractivity contribution >= 4 is 56.1 Å². The molecule has 0 unspecified atom stereocenters. The first kappa shape index (κ1) is 49.9. The first-order valence-corrected chi connectivity index (χ1v) is 28.1. The molecule has 0 aliphatic heterocycles. The molecule has 3 nitrogen and oxygen atoms in total. The van der Waals surface area contributed by atoms with Crippen LogP contribution in [-0.4, -0.2) is 0 Å². The molecule has 7 aromatic rings. The molecule has 4 aliphatic rings. The molecule has 0 amide bonds. The van der Waals surface area contributed by atoms with Crippen molar-refractivity contribution in [3.63, 3.8) is 0 Å². The van der Waals surface area contributed by atoms with E-state index in [1.165, 1.54) is 134 Å². The van der Waals surface area contributed by atoms with Gasteiger partial charge in [-0.15, -0.1) is 0 Å². The fourth-order valence-corrected chi connectivity index (χ4v) is 14.2. The number of benzene rings is 6. The van der Waals surface area contributed by atoms with Gasteiger partial charge in [0.1, 0.15) is 11.2 Å². The van der Waals surface area contributed by atoms with E-state index in [0.717, 1.165) is 29.0 Å². The number of anilines is 6. The quantitative estimate of drug-likeness (QED) is 0.166. The number of nitrogens with zero attached hydrogens (tertiary/aromatic N) is 2. The fourth-order valence-electron chi connectivity index (χ4n) is 14.2. The third-order valence-electron chi connectivity index (χ3n) is 19.8. The number of fused-ring (bicyclic) bond motifs is 7. The van der Waals surface area contributed by atoms with Crippen molar-refractivity contribution in [3.05, 3.63) is 153 Å². The van der Waals surface area contributed by atoms with Gasteiger partial charge in [0.25, 0.3) is 0 Å². The molecule has 0 fully saturated rings. The molecule has 73 heavy (non-hydrogen) atoms. The van der Waals surface area contributed by atoms with Crippen LogP contribution in [0.4, 0.5) is 34.1 Å². The molecule has 0 spiro atoms. The van der Waals surface area contributed by atoms with E-state index in [0.29, 0.717) is 0 Å². The van der Waals surface area contributed by atoms with E-state index in [4.69, 9.17) is 4.42 Å². The van der Waals surface area contributed by atoms with E-state index in [1.807, 2.05) is 0 Å². The molecule has 6 aromatic carbocycles. The normalized spacial score (nSPS) is 21.2. The number of hydrogen-bond donors (Lipinski definition) is 0. The van der Waals surface area contributed by atoms with E-state index >= 15 is 0 Å². The van der Waals surface area contributed by atoms with Crippen molar-refractivity contribution < 1.29 is 4.42 Å². The van der Waals surface area contributed by atoms with Gasteiger partial charge >= 0.3 is 0 Å². The highest BCUT2D eigenvalue weighted by Gasteiger charge is 2.42. The largest absolute Gasteiger partial charge is 0.456 e. The Balaban J connectivity index is 1.16. The summed E-state index contributed by atoms with van der Waals surface area (Å²) in [7, 11) is 0. The highest BCUT2D eigenvalue weighted by atomic mass is 16.3. The van der Waals surface area contributed by atoms with Crippen molar-refractivity contribution in [2.24, 2.45) is 0 Å². The van der Waals surface area contributed by atoms with Gasteiger partial charge in [0.05, 0.1) is 0 Å². The summed E-state index contributed by atoms with van der Waals surface area (Å²) in [6.07, 6.45) is 9.42. The maximum Gasteiger partial charge on any atom is 0.137 e. The average molecular weight is 971 g/mol. The molecule has 0 bridgehead atoms. The lowest BCUT2D eigenvalue weighted by atomic mass is 9.63. The van der Waals surface area contributed by atoms with E-state index in [-0.39, 0.29) is 43.3 Å². The van der Waals surface area contributed by atoms with Gasteiger partial charge in [-0.3, -0.25) is 0 Å². The van der Waals surface area contributed by atoms with Crippen LogP contribution in [0.2, 0.25) is 0 Å². The maximum absolute atomic E-state index is 7.04. The van der Waals surface area contributed by atoms with E-state index in [9.17, 15) is 0 Å². The maximum atomic E-state index is 7.04. The van der Waals surface area contributed by atoms with Crippen LogP contribution in [0.15, 0.2) is 101 Å². The number of aryl methyl sites for hydroxylation is 2. The van der Waals surface area contributed by atoms with Gasteiger partial charge in [-0.2, -0.15) is 0 Å². The Kier molecular flexibility index (Phi) is 11.0. The van der Waals surface area contributed by atoms with Crippen molar-refractivity contribution in [1.29, 1.82) is 0 Å². The van der Waals surface area contributed by atoms with Crippen LogP contribution in [0.1, 0.15) is 218 Å². The lowest BCUT2D eigenvalue weighted by Gasteiger charge is -2.43. The zero-order valence-corrected chi connectivity index (χ0v) is 48.2.